The predicted molar refractivity (Wildman–Crippen MR) is 109 cm³/mol. The fourth-order valence-electron chi connectivity index (χ4n) is 2.59. The molecule has 2 N–H and O–H groups in total. The lowest BCUT2D eigenvalue weighted by Crippen LogP contribution is -2.06. The number of aromatic nitrogens is 2. The molecule has 0 aliphatic rings. The monoisotopic (exact) mass is 359 g/mol. The van der Waals surface area contributed by atoms with Crippen molar-refractivity contribution in [2.75, 3.05) is 10.7 Å². The van der Waals surface area contributed by atoms with Gasteiger partial charge in [0, 0.05) is 24.2 Å². The predicted octanol–water partition coefficient (Wildman–Crippen LogP) is 4.25. The molecule has 1 amide bonds. The Morgan fingerprint density at radius 3 is 2.33 bits per heavy atom. The minimum atomic E-state index is -0.0943. The second-order valence-corrected chi connectivity index (χ2v) is 6.12. The van der Waals surface area contributed by atoms with Gasteiger partial charge in [0.05, 0.1) is 11.4 Å². The summed E-state index contributed by atoms with van der Waals surface area (Å²) in [7, 11) is 0. The Morgan fingerprint density at radius 2 is 1.67 bits per heavy atom. The van der Waals surface area contributed by atoms with Gasteiger partial charge in [-0.15, -0.1) is 0 Å². The van der Waals surface area contributed by atoms with E-state index >= 15 is 0 Å². The molecule has 0 unspecified atom stereocenters. The Morgan fingerprint density at radius 1 is 0.963 bits per heavy atom. The van der Waals surface area contributed by atoms with Crippen molar-refractivity contribution in [2.45, 2.75) is 20.8 Å². The van der Waals surface area contributed by atoms with E-state index in [0.29, 0.717) is 11.6 Å². The molecule has 6 nitrogen and oxygen atoms in total. The van der Waals surface area contributed by atoms with Crippen LogP contribution < -0.4 is 10.7 Å². The van der Waals surface area contributed by atoms with Crippen LogP contribution in [0.15, 0.2) is 65.8 Å². The van der Waals surface area contributed by atoms with E-state index in [4.69, 9.17) is 0 Å². The molecular formula is C21H21N5O. The van der Waals surface area contributed by atoms with Crippen molar-refractivity contribution in [3.8, 4) is 11.3 Å². The Balaban J connectivity index is 1.77. The van der Waals surface area contributed by atoms with E-state index in [1.807, 2.05) is 74.5 Å². The molecule has 0 saturated carbocycles. The summed E-state index contributed by atoms with van der Waals surface area (Å²) in [4.78, 5) is 20.0. The van der Waals surface area contributed by atoms with Crippen molar-refractivity contribution >= 4 is 23.1 Å². The van der Waals surface area contributed by atoms with Crippen molar-refractivity contribution in [3.63, 3.8) is 0 Å². The van der Waals surface area contributed by atoms with Crippen LogP contribution in [0, 0.1) is 6.92 Å². The van der Waals surface area contributed by atoms with Gasteiger partial charge in [0.15, 0.2) is 0 Å². The molecule has 0 radical (unpaired) electrons. The number of nitrogens with one attached hydrogen (secondary N) is 2. The van der Waals surface area contributed by atoms with Crippen LogP contribution in [0.25, 0.3) is 11.3 Å². The molecule has 1 heterocycles. The van der Waals surface area contributed by atoms with Crippen molar-refractivity contribution in [3.05, 3.63) is 72.1 Å². The van der Waals surface area contributed by atoms with Crippen LogP contribution in [0.1, 0.15) is 25.2 Å². The molecule has 0 aliphatic carbocycles. The molecule has 3 aromatic rings. The molecule has 0 fully saturated rings. The molecule has 0 atom stereocenters. The summed E-state index contributed by atoms with van der Waals surface area (Å²) < 4.78 is 0. The smallest absolute Gasteiger partial charge is 0.221 e. The van der Waals surface area contributed by atoms with E-state index in [1.165, 1.54) is 6.92 Å². The van der Waals surface area contributed by atoms with Gasteiger partial charge in [0.2, 0.25) is 5.91 Å². The molecule has 0 bridgehead atoms. The first-order chi connectivity index (χ1) is 13.0. The first-order valence-electron chi connectivity index (χ1n) is 8.61. The Hall–Kier alpha value is -3.54. The first kappa shape index (κ1) is 18.3. The lowest BCUT2D eigenvalue weighted by Gasteiger charge is -2.07. The molecule has 0 spiro atoms. The number of nitrogens with zero attached hydrogens (tertiary/aromatic N) is 3. The van der Waals surface area contributed by atoms with E-state index < -0.39 is 0 Å². The molecule has 1 aromatic heterocycles. The summed E-state index contributed by atoms with van der Waals surface area (Å²) in [6.45, 7) is 5.25. The van der Waals surface area contributed by atoms with Gasteiger partial charge in [0.1, 0.15) is 11.6 Å². The molecule has 6 heteroatoms. The zero-order valence-electron chi connectivity index (χ0n) is 15.5. The number of carbonyl (C=O) groups is 1. The topological polar surface area (TPSA) is 79.3 Å². The Bertz CT molecular complexity index is 966. The summed E-state index contributed by atoms with van der Waals surface area (Å²) in [6.07, 6.45) is 0. The maximum Gasteiger partial charge on any atom is 0.221 e. The van der Waals surface area contributed by atoms with Crippen LogP contribution in [0.5, 0.6) is 0 Å². The van der Waals surface area contributed by atoms with Crippen LogP contribution >= 0.6 is 0 Å². The third-order valence-corrected chi connectivity index (χ3v) is 3.87. The summed E-state index contributed by atoms with van der Waals surface area (Å²) in [6, 6.07) is 19.3. The van der Waals surface area contributed by atoms with Crippen LogP contribution in [0.3, 0.4) is 0 Å². The van der Waals surface area contributed by atoms with Crippen LogP contribution in [-0.4, -0.2) is 21.6 Å². The largest absolute Gasteiger partial charge is 0.326 e. The molecule has 136 valence electrons. The summed E-state index contributed by atoms with van der Waals surface area (Å²) in [5.41, 5.74) is 7.39. The Kier molecular flexibility index (Phi) is 5.56. The minimum Gasteiger partial charge on any atom is -0.326 e. The summed E-state index contributed by atoms with van der Waals surface area (Å²) in [5.74, 6) is 1.21. The van der Waals surface area contributed by atoms with Crippen LogP contribution in [-0.2, 0) is 4.79 Å². The van der Waals surface area contributed by atoms with Crippen molar-refractivity contribution < 1.29 is 4.79 Å². The third-order valence-electron chi connectivity index (χ3n) is 3.87. The van der Waals surface area contributed by atoms with Gasteiger partial charge in [-0.2, -0.15) is 5.10 Å². The van der Waals surface area contributed by atoms with Crippen molar-refractivity contribution in [2.24, 2.45) is 5.10 Å². The number of hydrogen-bond donors (Lipinski definition) is 2. The highest BCUT2D eigenvalue weighted by Crippen LogP contribution is 2.19. The highest BCUT2D eigenvalue weighted by atomic mass is 16.1. The average Bonchev–Trinajstić information content (AvgIpc) is 2.66. The highest BCUT2D eigenvalue weighted by molar-refractivity contribution is 5.99. The average molecular weight is 359 g/mol. The molecule has 2 aromatic carbocycles. The van der Waals surface area contributed by atoms with Crippen molar-refractivity contribution in [1.82, 2.24) is 9.97 Å². The van der Waals surface area contributed by atoms with Gasteiger partial charge < -0.3 is 5.32 Å². The number of hydrazone groups is 1. The van der Waals surface area contributed by atoms with Gasteiger partial charge in [-0.1, -0.05) is 42.5 Å². The molecule has 27 heavy (non-hydrogen) atoms. The standard InChI is InChI=1S/C21H21N5O/c1-14(17-9-11-19(12-10-17)24-16(3)27)25-26-21-13-20(22-15(2)23-21)18-7-5-4-6-8-18/h4-13H,1-3H3,(H,24,27)(H,22,23,26)/b25-14+. The summed E-state index contributed by atoms with van der Waals surface area (Å²) >= 11 is 0. The third kappa shape index (κ3) is 4.98. The molecule has 0 saturated heterocycles. The maximum atomic E-state index is 11.1. The number of amides is 1. The van der Waals surface area contributed by atoms with E-state index in [1.54, 1.807) is 0 Å². The normalized spacial score (nSPS) is 11.1. The highest BCUT2D eigenvalue weighted by Gasteiger charge is 2.05. The lowest BCUT2D eigenvalue weighted by atomic mass is 10.1. The number of benzene rings is 2. The zero-order valence-corrected chi connectivity index (χ0v) is 15.5. The maximum absolute atomic E-state index is 11.1. The SMILES string of the molecule is CC(=O)Nc1ccc(/C(C)=N/Nc2cc(-c3ccccc3)nc(C)n2)cc1. The van der Waals surface area contributed by atoms with E-state index in [9.17, 15) is 4.79 Å². The van der Waals surface area contributed by atoms with E-state index in [2.05, 4.69) is 25.8 Å². The molecular weight excluding hydrogens is 338 g/mol. The lowest BCUT2D eigenvalue weighted by molar-refractivity contribution is -0.114. The zero-order chi connectivity index (χ0) is 19.2. The van der Waals surface area contributed by atoms with Crippen molar-refractivity contribution in [1.29, 1.82) is 0 Å². The fraction of sp³-hybridized carbons (Fsp3) is 0.143. The number of aryl methyl sites for hydroxylation is 1. The van der Waals surface area contributed by atoms with E-state index in [-0.39, 0.29) is 5.91 Å². The minimum absolute atomic E-state index is 0.0943. The molecule has 3 rings (SSSR count). The van der Waals surface area contributed by atoms with Gasteiger partial charge in [-0.3, -0.25) is 10.2 Å². The number of anilines is 2. The van der Waals surface area contributed by atoms with Gasteiger partial charge in [-0.05, 0) is 31.5 Å². The molecule has 0 aliphatic heterocycles. The second kappa shape index (κ2) is 8.23. The number of hydrogen-bond acceptors (Lipinski definition) is 5. The first-order valence-corrected chi connectivity index (χ1v) is 8.61. The summed E-state index contributed by atoms with van der Waals surface area (Å²) in [5, 5.41) is 7.17. The Labute approximate surface area is 158 Å². The quantitative estimate of drug-likeness (QED) is 0.527. The van der Waals surface area contributed by atoms with Crippen LogP contribution in [0.2, 0.25) is 0 Å². The van der Waals surface area contributed by atoms with Crippen LogP contribution in [0.4, 0.5) is 11.5 Å². The van der Waals surface area contributed by atoms with Gasteiger partial charge in [-0.25, -0.2) is 9.97 Å². The van der Waals surface area contributed by atoms with E-state index in [0.717, 1.165) is 28.2 Å². The van der Waals surface area contributed by atoms with Gasteiger partial charge >= 0.3 is 0 Å². The number of rotatable bonds is 5. The number of carbonyl (C=O) groups excluding carboxylic acids is 1. The fourth-order valence-corrected chi connectivity index (χ4v) is 2.59. The second-order valence-electron chi connectivity index (χ2n) is 6.12. The van der Waals surface area contributed by atoms with Gasteiger partial charge in [0.25, 0.3) is 0 Å².